The highest BCUT2D eigenvalue weighted by Crippen LogP contribution is 2.00. The van der Waals surface area contributed by atoms with Gasteiger partial charge in [-0.15, -0.1) is 0 Å². The second kappa shape index (κ2) is 7.83. The molecule has 0 aliphatic heterocycles. The predicted molar refractivity (Wildman–Crippen MR) is 70.7 cm³/mol. The molecule has 1 aromatic carbocycles. The van der Waals surface area contributed by atoms with Crippen molar-refractivity contribution in [2.45, 2.75) is 19.4 Å². The molecule has 0 heterocycles. The van der Waals surface area contributed by atoms with Crippen molar-refractivity contribution in [2.24, 2.45) is 0 Å². The Kier molecular flexibility index (Phi) is 6.31. The lowest BCUT2D eigenvalue weighted by molar-refractivity contribution is 0.316. The molecule has 0 bridgehead atoms. The van der Waals surface area contributed by atoms with E-state index in [0.29, 0.717) is 0 Å². The maximum atomic E-state index is 8.95. The first-order valence-electron chi connectivity index (χ1n) is 6.11. The average Bonchev–Trinajstić information content (AvgIpc) is 2.37. The first-order chi connectivity index (χ1) is 8.26. The lowest BCUT2D eigenvalue weighted by atomic mass is 10.1. The van der Waals surface area contributed by atoms with Gasteiger partial charge in [-0.2, -0.15) is 5.26 Å². The van der Waals surface area contributed by atoms with Gasteiger partial charge in [-0.25, -0.2) is 0 Å². The van der Waals surface area contributed by atoms with E-state index in [-0.39, 0.29) is 6.04 Å². The highest BCUT2D eigenvalue weighted by atomic mass is 15.1. The molecule has 1 atom stereocenters. The SMILES string of the molecule is CCNC(C#N)CN(C)CCc1ccccc1. The third-order valence-electron chi connectivity index (χ3n) is 2.73. The monoisotopic (exact) mass is 231 g/mol. The van der Waals surface area contributed by atoms with E-state index in [9.17, 15) is 0 Å². The first kappa shape index (κ1) is 13.7. The molecule has 17 heavy (non-hydrogen) atoms. The van der Waals surface area contributed by atoms with Crippen LogP contribution < -0.4 is 5.32 Å². The van der Waals surface area contributed by atoms with Crippen LogP contribution in [-0.4, -0.2) is 37.6 Å². The van der Waals surface area contributed by atoms with E-state index in [1.807, 2.05) is 13.0 Å². The number of rotatable bonds is 7. The van der Waals surface area contributed by atoms with Crippen molar-refractivity contribution in [1.82, 2.24) is 10.2 Å². The van der Waals surface area contributed by atoms with Crippen LogP contribution in [0.4, 0.5) is 0 Å². The van der Waals surface area contributed by atoms with Gasteiger partial charge in [-0.1, -0.05) is 37.3 Å². The summed E-state index contributed by atoms with van der Waals surface area (Å²) in [6.07, 6.45) is 1.03. The molecule has 1 N–H and O–H groups in total. The van der Waals surface area contributed by atoms with Crippen molar-refractivity contribution in [1.29, 1.82) is 5.26 Å². The van der Waals surface area contributed by atoms with E-state index < -0.39 is 0 Å². The summed E-state index contributed by atoms with van der Waals surface area (Å²) in [5.74, 6) is 0. The van der Waals surface area contributed by atoms with E-state index in [1.54, 1.807) is 0 Å². The van der Waals surface area contributed by atoms with Crippen LogP contribution in [0.5, 0.6) is 0 Å². The number of hydrogen-bond donors (Lipinski definition) is 1. The summed E-state index contributed by atoms with van der Waals surface area (Å²) < 4.78 is 0. The van der Waals surface area contributed by atoms with E-state index in [2.05, 4.69) is 47.6 Å². The Bertz CT molecular complexity index is 342. The van der Waals surface area contributed by atoms with Crippen molar-refractivity contribution in [2.75, 3.05) is 26.7 Å². The summed E-state index contributed by atoms with van der Waals surface area (Å²) >= 11 is 0. The molecule has 0 saturated carbocycles. The third-order valence-corrected chi connectivity index (χ3v) is 2.73. The highest BCUT2D eigenvalue weighted by molar-refractivity contribution is 5.14. The van der Waals surface area contributed by atoms with E-state index in [0.717, 1.165) is 26.1 Å². The fourth-order valence-electron chi connectivity index (χ4n) is 1.77. The zero-order valence-electron chi connectivity index (χ0n) is 10.7. The largest absolute Gasteiger partial charge is 0.303 e. The Balaban J connectivity index is 2.30. The molecular formula is C14H21N3. The Morgan fingerprint density at radius 1 is 1.35 bits per heavy atom. The van der Waals surface area contributed by atoms with Gasteiger partial charge in [0, 0.05) is 13.1 Å². The molecule has 0 saturated heterocycles. The molecule has 1 aromatic rings. The molecule has 0 aliphatic rings. The van der Waals surface area contributed by atoms with E-state index in [4.69, 9.17) is 5.26 Å². The second-order valence-corrected chi connectivity index (χ2v) is 4.24. The van der Waals surface area contributed by atoms with Crippen LogP contribution in [0.1, 0.15) is 12.5 Å². The fourth-order valence-corrected chi connectivity index (χ4v) is 1.77. The minimum absolute atomic E-state index is 0.0687. The Morgan fingerprint density at radius 2 is 2.06 bits per heavy atom. The molecule has 1 unspecified atom stereocenters. The number of nitrogens with one attached hydrogen (secondary N) is 1. The number of likely N-dealkylation sites (N-methyl/N-ethyl adjacent to an activating group) is 2. The quantitative estimate of drug-likeness (QED) is 0.775. The lowest BCUT2D eigenvalue weighted by Gasteiger charge is -2.20. The first-order valence-corrected chi connectivity index (χ1v) is 6.11. The molecule has 92 valence electrons. The summed E-state index contributed by atoms with van der Waals surface area (Å²) in [5, 5.41) is 12.1. The highest BCUT2D eigenvalue weighted by Gasteiger charge is 2.08. The van der Waals surface area contributed by atoms with Gasteiger partial charge in [-0.05, 0) is 25.6 Å². The molecule has 1 rings (SSSR count). The van der Waals surface area contributed by atoms with Crippen LogP contribution in [0.3, 0.4) is 0 Å². The van der Waals surface area contributed by atoms with Crippen LogP contribution >= 0.6 is 0 Å². The Morgan fingerprint density at radius 3 is 2.65 bits per heavy atom. The Hall–Kier alpha value is -1.37. The van der Waals surface area contributed by atoms with Crippen LogP contribution in [-0.2, 0) is 6.42 Å². The molecule has 0 aliphatic carbocycles. The summed E-state index contributed by atoms with van der Waals surface area (Å²) in [7, 11) is 2.06. The summed E-state index contributed by atoms with van der Waals surface area (Å²) in [4.78, 5) is 2.20. The van der Waals surface area contributed by atoms with Gasteiger partial charge >= 0.3 is 0 Å². The third kappa shape index (κ3) is 5.48. The predicted octanol–water partition coefficient (Wildman–Crippen LogP) is 1.66. The van der Waals surface area contributed by atoms with Gasteiger partial charge in [0.1, 0.15) is 6.04 Å². The van der Waals surface area contributed by atoms with Crippen molar-refractivity contribution in [3.8, 4) is 6.07 Å². The van der Waals surface area contributed by atoms with Gasteiger partial charge < -0.3 is 10.2 Å². The Labute approximate surface area is 104 Å². The minimum atomic E-state index is -0.0687. The molecule has 3 nitrogen and oxygen atoms in total. The number of nitriles is 1. The molecule has 0 spiro atoms. The van der Waals surface area contributed by atoms with Crippen LogP contribution in [0, 0.1) is 11.3 Å². The van der Waals surface area contributed by atoms with Gasteiger partial charge in [0.15, 0.2) is 0 Å². The number of hydrogen-bond acceptors (Lipinski definition) is 3. The molecule has 0 radical (unpaired) electrons. The fraction of sp³-hybridized carbons (Fsp3) is 0.500. The summed E-state index contributed by atoms with van der Waals surface area (Å²) in [5.41, 5.74) is 1.34. The van der Waals surface area contributed by atoms with Gasteiger partial charge in [0.05, 0.1) is 6.07 Å². The van der Waals surface area contributed by atoms with Crippen molar-refractivity contribution < 1.29 is 0 Å². The smallest absolute Gasteiger partial charge is 0.108 e. The summed E-state index contributed by atoms with van der Waals surface area (Å²) in [6.45, 7) is 4.61. The number of nitrogens with zero attached hydrogens (tertiary/aromatic N) is 2. The molecule has 0 fully saturated rings. The average molecular weight is 231 g/mol. The van der Waals surface area contributed by atoms with Crippen molar-refractivity contribution in [3.63, 3.8) is 0 Å². The topological polar surface area (TPSA) is 39.1 Å². The van der Waals surface area contributed by atoms with Gasteiger partial charge in [-0.3, -0.25) is 0 Å². The van der Waals surface area contributed by atoms with Crippen LogP contribution in [0.2, 0.25) is 0 Å². The lowest BCUT2D eigenvalue weighted by Crippen LogP contribution is -2.39. The molecule has 0 aromatic heterocycles. The molecular weight excluding hydrogens is 210 g/mol. The van der Waals surface area contributed by atoms with Gasteiger partial charge in [0.2, 0.25) is 0 Å². The standard InChI is InChI=1S/C14H21N3/c1-3-16-14(11-15)12-17(2)10-9-13-7-5-4-6-8-13/h4-8,14,16H,3,9-10,12H2,1-2H3. The van der Waals surface area contributed by atoms with Crippen LogP contribution in [0.15, 0.2) is 30.3 Å². The maximum absolute atomic E-state index is 8.95. The van der Waals surface area contributed by atoms with E-state index >= 15 is 0 Å². The maximum Gasteiger partial charge on any atom is 0.108 e. The number of benzene rings is 1. The second-order valence-electron chi connectivity index (χ2n) is 4.24. The summed E-state index contributed by atoms with van der Waals surface area (Å²) in [6, 6.07) is 12.6. The minimum Gasteiger partial charge on any atom is -0.303 e. The normalized spacial score (nSPS) is 12.4. The van der Waals surface area contributed by atoms with Crippen molar-refractivity contribution in [3.05, 3.63) is 35.9 Å². The van der Waals surface area contributed by atoms with Crippen molar-refractivity contribution >= 4 is 0 Å². The zero-order chi connectivity index (χ0) is 12.5. The van der Waals surface area contributed by atoms with Gasteiger partial charge in [0.25, 0.3) is 0 Å². The molecule has 0 amide bonds. The zero-order valence-corrected chi connectivity index (χ0v) is 10.7. The van der Waals surface area contributed by atoms with Crippen LogP contribution in [0.25, 0.3) is 0 Å². The van der Waals surface area contributed by atoms with E-state index in [1.165, 1.54) is 5.56 Å². The molecule has 3 heteroatoms.